The summed E-state index contributed by atoms with van der Waals surface area (Å²) in [6.45, 7) is 3.88. The Balaban J connectivity index is 1.76. The third kappa shape index (κ3) is 3.91. The summed E-state index contributed by atoms with van der Waals surface area (Å²) in [4.78, 5) is 11.4. The molecule has 0 saturated heterocycles. The van der Waals surface area contributed by atoms with Gasteiger partial charge in [-0.25, -0.2) is 0 Å². The van der Waals surface area contributed by atoms with E-state index >= 15 is 0 Å². The topological polar surface area (TPSA) is 30.2 Å². The first-order chi connectivity index (χ1) is 8.25. The van der Waals surface area contributed by atoms with Crippen LogP contribution in [0.25, 0.3) is 6.08 Å². The Morgan fingerprint density at radius 1 is 1.47 bits per heavy atom. The van der Waals surface area contributed by atoms with E-state index in [0.717, 1.165) is 24.2 Å². The second-order valence-electron chi connectivity index (χ2n) is 4.27. The molecule has 0 spiro atoms. The van der Waals surface area contributed by atoms with Gasteiger partial charge in [0.25, 0.3) is 0 Å². The number of hydrogen-bond donors (Lipinski definition) is 0. The third-order valence-corrected chi connectivity index (χ3v) is 2.69. The Morgan fingerprint density at radius 3 is 2.94 bits per heavy atom. The smallest absolute Gasteiger partial charge is 0.139 e. The molecule has 0 amide bonds. The molecule has 1 aromatic rings. The third-order valence-electron chi connectivity index (χ3n) is 2.69. The van der Waals surface area contributed by atoms with Crippen molar-refractivity contribution < 1.29 is 9.21 Å². The molecule has 2 rings (SSSR count). The predicted molar refractivity (Wildman–Crippen MR) is 68.4 cm³/mol. The molecule has 1 fully saturated rings. The molecule has 0 atom stereocenters. The molecule has 0 unspecified atom stereocenters. The zero-order valence-corrected chi connectivity index (χ0v) is 9.76. The molecule has 88 valence electrons. The van der Waals surface area contributed by atoms with Crippen LogP contribution in [0.15, 0.2) is 53.2 Å². The van der Waals surface area contributed by atoms with Gasteiger partial charge in [0.1, 0.15) is 11.5 Å². The van der Waals surface area contributed by atoms with E-state index in [2.05, 4.69) is 6.58 Å². The van der Waals surface area contributed by atoms with Crippen LogP contribution in [0, 0.1) is 5.92 Å². The first-order valence-electron chi connectivity index (χ1n) is 5.85. The lowest BCUT2D eigenvalue weighted by Gasteiger charge is -1.92. The Morgan fingerprint density at radius 2 is 2.29 bits per heavy atom. The van der Waals surface area contributed by atoms with Crippen molar-refractivity contribution in [2.24, 2.45) is 5.92 Å². The fourth-order valence-corrected chi connectivity index (χ4v) is 1.53. The average molecular weight is 228 g/mol. The van der Waals surface area contributed by atoms with Crippen molar-refractivity contribution in [3.8, 4) is 0 Å². The molecule has 2 nitrogen and oxygen atoms in total. The second-order valence-corrected chi connectivity index (χ2v) is 4.27. The van der Waals surface area contributed by atoms with Crippen LogP contribution in [0.4, 0.5) is 0 Å². The van der Waals surface area contributed by atoms with Crippen LogP contribution >= 0.6 is 0 Å². The first kappa shape index (κ1) is 11.6. The maximum absolute atomic E-state index is 11.4. The lowest BCUT2D eigenvalue weighted by molar-refractivity contribution is -0.119. The van der Waals surface area contributed by atoms with Gasteiger partial charge in [-0.3, -0.25) is 4.79 Å². The molecule has 1 aliphatic carbocycles. The molecule has 0 bridgehead atoms. The highest BCUT2D eigenvalue weighted by Crippen LogP contribution is 2.30. The Hall–Kier alpha value is -1.83. The summed E-state index contributed by atoms with van der Waals surface area (Å²) in [5, 5.41) is 0. The fourth-order valence-electron chi connectivity index (χ4n) is 1.53. The Labute approximate surface area is 101 Å². The average Bonchev–Trinajstić information content (AvgIpc) is 3.04. The van der Waals surface area contributed by atoms with Crippen LogP contribution in [0.2, 0.25) is 0 Å². The normalized spacial score (nSPS) is 15.8. The van der Waals surface area contributed by atoms with E-state index < -0.39 is 0 Å². The Kier molecular flexibility index (Phi) is 3.76. The number of furan rings is 1. The summed E-state index contributed by atoms with van der Waals surface area (Å²) in [6, 6.07) is 3.72. The number of allylic oxidation sites excluding steroid dienone is 4. The van der Waals surface area contributed by atoms with E-state index in [1.54, 1.807) is 6.26 Å². The van der Waals surface area contributed by atoms with Gasteiger partial charge in [0.2, 0.25) is 0 Å². The van der Waals surface area contributed by atoms with Crippen molar-refractivity contribution in [3.05, 3.63) is 54.5 Å². The van der Waals surface area contributed by atoms with Crippen molar-refractivity contribution in [2.45, 2.75) is 19.3 Å². The van der Waals surface area contributed by atoms with E-state index in [1.807, 2.05) is 36.4 Å². The summed E-state index contributed by atoms with van der Waals surface area (Å²) in [5.41, 5.74) is 0.866. The van der Waals surface area contributed by atoms with Crippen molar-refractivity contribution in [3.63, 3.8) is 0 Å². The number of carbonyl (C=O) groups excluding carboxylic acids is 1. The second kappa shape index (κ2) is 5.48. The first-order valence-corrected chi connectivity index (χ1v) is 5.85. The number of ketones is 1. The molecule has 1 aromatic heterocycles. The maximum atomic E-state index is 11.4. The highest BCUT2D eigenvalue weighted by molar-refractivity contribution is 5.84. The summed E-state index contributed by atoms with van der Waals surface area (Å²) >= 11 is 0. The highest BCUT2D eigenvalue weighted by Gasteiger charge is 2.27. The SMILES string of the molecule is C=C(/C=C\CC(=O)C1CC1)/C=C/c1ccco1. The van der Waals surface area contributed by atoms with Gasteiger partial charge in [-0.05, 0) is 36.6 Å². The quantitative estimate of drug-likeness (QED) is 0.694. The van der Waals surface area contributed by atoms with Crippen LogP contribution in [0.3, 0.4) is 0 Å². The van der Waals surface area contributed by atoms with Gasteiger partial charge in [-0.2, -0.15) is 0 Å². The molecule has 1 aliphatic rings. The lowest BCUT2D eigenvalue weighted by Crippen LogP contribution is -1.96. The van der Waals surface area contributed by atoms with Gasteiger partial charge in [0, 0.05) is 12.3 Å². The minimum Gasteiger partial charge on any atom is -0.465 e. The van der Waals surface area contributed by atoms with Crippen LogP contribution < -0.4 is 0 Å². The molecule has 0 radical (unpaired) electrons. The van der Waals surface area contributed by atoms with Gasteiger partial charge in [-0.15, -0.1) is 0 Å². The van der Waals surface area contributed by atoms with Crippen molar-refractivity contribution in [2.75, 3.05) is 0 Å². The van der Waals surface area contributed by atoms with Crippen LogP contribution in [0.5, 0.6) is 0 Å². The highest BCUT2D eigenvalue weighted by atomic mass is 16.3. The zero-order valence-electron chi connectivity index (χ0n) is 9.76. The summed E-state index contributed by atoms with van der Waals surface area (Å²) in [7, 11) is 0. The number of hydrogen-bond acceptors (Lipinski definition) is 2. The van der Waals surface area contributed by atoms with Gasteiger partial charge in [0.05, 0.1) is 6.26 Å². The minimum atomic E-state index is 0.339. The van der Waals surface area contributed by atoms with Gasteiger partial charge < -0.3 is 4.42 Å². The molecule has 1 saturated carbocycles. The zero-order chi connectivity index (χ0) is 12.1. The molecular weight excluding hydrogens is 212 g/mol. The monoisotopic (exact) mass is 228 g/mol. The van der Waals surface area contributed by atoms with E-state index in [1.165, 1.54) is 0 Å². The fraction of sp³-hybridized carbons (Fsp3) is 0.267. The molecule has 1 heterocycles. The molecular formula is C15H16O2. The standard InChI is InChI=1S/C15H16O2/c1-12(7-10-14-5-3-11-17-14)4-2-6-15(16)13-8-9-13/h2-5,7,10-11,13H,1,6,8-9H2/b4-2-,10-7+. The number of rotatable bonds is 6. The lowest BCUT2D eigenvalue weighted by atomic mass is 10.1. The van der Waals surface area contributed by atoms with Crippen LogP contribution in [-0.2, 0) is 4.79 Å². The number of Topliss-reactive ketones (excluding diaryl/α,β-unsaturated/α-hetero) is 1. The summed E-state index contributed by atoms with van der Waals surface area (Å²) in [6.07, 6.45) is 11.8. The van der Waals surface area contributed by atoms with Gasteiger partial charge in [0.15, 0.2) is 0 Å². The predicted octanol–water partition coefficient (Wildman–Crippen LogP) is 3.77. The molecule has 0 N–H and O–H groups in total. The van der Waals surface area contributed by atoms with Crippen molar-refractivity contribution >= 4 is 11.9 Å². The van der Waals surface area contributed by atoms with Gasteiger partial charge in [-0.1, -0.05) is 24.8 Å². The van der Waals surface area contributed by atoms with E-state index in [-0.39, 0.29) is 0 Å². The number of carbonyl (C=O) groups is 1. The van der Waals surface area contributed by atoms with E-state index in [4.69, 9.17) is 4.42 Å². The molecule has 0 aliphatic heterocycles. The Bertz CT molecular complexity index is 445. The maximum Gasteiger partial charge on any atom is 0.139 e. The van der Waals surface area contributed by atoms with E-state index in [9.17, 15) is 4.79 Å². The largest absolute Gasteiger partial charge is 0.465 e. The van der Waals surface area contributed by atoms with Crippen LogP contribution in [-0.4, -0.2) is 5.78 Å². The van der Waals surface area contributed by atoms with Crippen molar-refractivity contribution in [1.82, 2.24) is 0 Å². The summed E-state index contributed by atoms with van der Waals surface area (Å²) < 4.78 is 5.16. The van der Waals surface area contributed by atoms with Gasteiger partial charge >= 0.3 is 0 Å². The molecule has 2 heteroatoms. The summed E-state index contributed by atoms with van der Waals surface area (Å²) in [5.74, 6) is 1.49. The van der Waals surface area contributed by atoms with Crippen LogP contribution in [0.1, 0.15) is 25.0 Å². The molecule has 17 heavy (non-hydrogen) atoms. The van der Waals surface area contributed by atoms with Crippen molar-refractivity contribution in [1.29, 1.82) is 0 Å². The van der Waals surface area contributed by atoms with E-state index in [0.29, 0.717) is 18.1 Å². The minimum absolute atomic E-state index is 0.339. The molecule has 0 aromatic carbocycles.